The number of nitrogens with zero attached hydrogens (tertiary/aromatic N) is 2. The summed E-state index contributed by atoms with van der Waals surface area (Å²) in [5.41, 5.74) is 3.81. The van der Waals surface area contributed by atoms with Gasteiger partial charge in [-0.05, 0) is 49.9 Å². The molecule has 0 bridgehead atoms. The second kappa shape index (κ2) is 5.98. The fourth-order valence-corrected chi connectivity index (χ4v) is 2.34. The SMILES string of the molecule is CC1CCCN(Cc2ccc(NN)nc2)CC1. The first-order valence-corrected chi connectivity index (χ1v) is 6.42. The minimum absolute atomic E-state index is 0.721. The van der Waals surface area contributed by atoms with Crippen LogP contribution in [0.15, 0.2) is 18.3 Å². The molecule has 4 heteroatoms. The number of nitrogen functional groups attached to an aromatic ring is 1. The van der Waals surface area contributed by atoms with E-state index in [9.17, 15) is 0 Å². The Kier molecular flexibility index (Phi) is 4.34. The van der Waals surface area contributed by atoms with E-state index in [1.807, 2.05) is 12.3 Å². The standard InChI is InChI=1S/C13H22N4/c1-11-3-2-7-17(8-6-11)10-12-4-5-13(16-14)15-9-12/h4-5,9,11H,2-3,6-8,10,14H2,1H3,(H,15,16). The maximum absolute atomic E-state index is 5.30. The van der Waals surface area contributed by atoms with Gasteiger partial charge in [-0.1, -0.05) is 13.0 Å². The molecular formula is C13H22N4. The predicted octanol–water partition coefficient (Wildman–Crippen LogP) is 1.99. The van der Waals surface area contributed by atoms with Crippen molar-refractivity contribution in [1.82, 2.24) is 9.88 Å². The summed E-state index contributed by atoms with van der Waals surface area (Å²) < 4.78 is 0. The van der Waals surface area contributed by atoms with Crippen LogP contribution in [-0.4, -0.2) is 23.0 Å². The Balaban J connectivity index is 1.90. The molecule has 0 radical (unpaired) electrons. The summed E-state index contributed by atoms with van der Waals surface area (Å²) in [6.07, 6.45) is 5.90. The molecule has 1 fully saturated rings. The largest absolute Gasteiger partial charge is 0.308 e. The number of hydrazine groups is 1. The highest BCUT2D eigenvalue weighted by Gasteiger charge is 2.13. The molecule has 17 heavy (non-hydrogen) atoms. The van der Waals surface area contributed by atoms with Crippen LogP contribution in [0.4, 0.5) is 5.82 Å². The number of anilines is 1. The molecule has 1 unspecified atom stereocenters. The van der Waals surface area contributed by atoms with Gasteiger partial charge in [0.15, 0.2) is 0 Å². The first kappa shape index (κ1) is 12.3. The van der Waals surface area contributed by atoms with Gasteiger partial charge in [0.2, 0.25) is 0 Å². The highest BCUT2D eigenvalue weighted by atomic mass is 15.2. The fourth-order valence-electron chi connectivity index (χ4n) is 2.34. The van der Waals surface area contributed by atoms with E-state index >= 15 is 0 Å². The van der Waals surface area contributed by atoms with Crippen molar-refractivity contribution in [2.45, 2.75) is 32.7 Å². The number of nitrogens with one attached hydrogen (secondary N) is 1. The number of pyridine rings is 1. The fraction of sp³-hybridized carbons (Fsp3) is 0.615. The van der Waals surface area contributed by atoms with E-state index in [-0.39, 0.29) is 0 Å². The summed E-state index contributed by atoms with van der Waals surface area (Å²) in [6, 6.07) is 4.02. The van der Waals surface area contributed by atoms with Crippen LogP contribution in [0.1, 0.15) is 31.7 Å². The lowest BCUT2D eigenvalue weighted by Gasteiger charge is -2.19. The van der Waals surface area contributed by atoms with E-state index in [1.54, 1.807) is 0 Å². The van der Waals surface area contributed by atoms with Gasteiger partial charge < -0.3 is 5.43 Å². The van der Waals surface area contributed by atoms with Gasteiger partial charge in [0.05, 0.1) is 0 Å². The average molecular weight is 234 g/mol. The van der Waals surface area contributed by atoms with E-state index in [0.29, 0.717) is 0 Å². The van der Waals surface area contributed by atoms with Crippen LogP contribution in [0.5, 0.6) is 0 Å². The van der Waals surface area contributed by atoms with Gasteiger partial charge in [-0.3, -0.25) is 4.90 Å². The molecule has 1 aliphatic rings. The second-order valence-electron chi connectivity index (χ2n) is 5.01. The summed E-state index contributed by atoms with van der Waals surface area (Å²) in [7, 11) is 0. The smallest absolute Gasteiger partial charge is 0.139 e. The summed E-state index contributed by atoms with van der Waals surface area (Å²) >= 11 is 0. The topological polar surface area (TPSA) is 54.2 Å². The monoisotopic (exact) mass is 234 g/mol. The van der Waals surface area contributed by atoms with Crippen LogP contribution in [0.25, 0.3) is 0 Å². The lowest BCUT2D eigenvalue weighted by molar-refractivity contribution is 0.273. The van der Waals surface area contributed by atoms with Gasteiger partial charge in [0, 0.05) is 12.7 Å². The Morgan fingerprint density at radius 3 is 3.00 bits per heavy atom. The number of rotatable bonds is 3. The Hall–Kier alpha value is -1.13. The van der Waals surface area contributed by atoms with E-state index < -0.39 is 0 Å². The van der Waals surface area contributed by atoms with Crippen LogP contribution in [-0.2, 0) is 6.54 Å². The molecule has 3 N–H and O–H groups in total. The van der Waals surface area contributed by atoms with Crippen LogP contribution in [0.2, 0.25) is 0 Å². The average Bonchev–Trinajstić information content (AvgIpc) is 2.56. The number of likely N-dealkylation sites (tertiary alicyclic amines) is 1. The molecule has 1 aromatic rings. The van der Waals surface area contributed by atoms with Crippen molar-refractivity contribution >= 4 is 5.82 Å². The quantitative estimate of drug-likeness (QED) is 0.620. The van der Waals surface area contributed by atoms with E-state index in [2.05, 4.69) is 28.3 Å². The zero-order valence-electron chi connectivity index (χ0n) is 10.5. The summed E-state index contributed by atoms with van der Waals surface area (Å²) in [5, 5.41) is 0. The molecular weight excluding hydrogens is 212 g/mol. The first-order valence-electron chi connectivity index (χ1n) is 6.42. The summed E-state index contributed by atoms with van der Waals surface area (Å²) in [4.78, 5) is 6.76. The molecule has 0 aliphatic carbocycles. The minimum Gasteiger partial charge on any atom is -0.308 e. The molecule has 4 nitrogen and oxygen atoms in total. The summed E-state index contributed by atoms with van der Waals surface area (Å²) in [5.74, 6) is 6.89. The van der Waals surface area contributed by atoms with Gasteiger partial charge >= 0.3 is 0 Å². The molecule has 0 amide bonds. The van der Waals surface area contributed by atoms with Crippen molar-refractivity contribution in [3.05, 3.63) is 23.9 Å². The highest BCUT2D eigenvalue weighted by molar-refractivity contribution is 5.33. The first-order chi connectivity index (χ1) is 8.28. The Morgan fingerprint density at radius 1 is 1.41 bits per heavy atom. The van der Waals surface area contributed by atoms with Crippen molar-refractivity contribution in [3.63, 3.8) is 0 Å². The molecule has 0 aromatic carbocycles. The zero-order chi connectivity index (χ0) is 12.1. The van der Waals surface area contributed by atoms with Crippen molar-refractivity contribution in [2.75, 3.05) is 18.5 Å². The van der Waals surface area contributed by atoms with Gasteiger partial charge in [-0.2, -0.15) is 0 Å². The third-order valence-corrected chi connectivity index (χ3v) is 3.49. The Bertz CT molecular complexity index is 336. The molecule has 1 aromatic heterocycles. The molecule has 0 saturated carbocycles. The molecule has 1 saturated heterocycles. The van der Waals surface area contributed by atoms with Gasteiger partial charge in [-0.15, -0.1) is 0 Å². The van der Waals surface area contributed by atoms with Crippen LogP contribution in [0.3, 0.4) is 0 Å². The maximum atomic E-state index is 5.30. The zero-order valence-corrected chi connectivity index (χ0v) is 10.5. The van der Waals surface area contributed by atoms with Gasteiger partial charge in [0.25, 0.3) is 0 Å². The molecule has 1 aliphatic heterocycles. The summed E-state index contributed by atoms with van der Waals surface area (Å²) in [6.45, 7) is 5.77. The maximum Gasteiger partial charge on any atom is 0.139 e. The normalized spacial score (nSPS) is 22.1. The van der Waals surface area contributed by atoms with Crippen LogP contribution in [0, 0.1) is 5.92 Å². The molecule has 94 valence electrons. The van der Waals surface area contributed by atoms with Crippen molar-refractivity contribution in [2.24, 2.45) is 11.8 Å². The lowest BCUT2D eigenvalue weighted by Crippen LogP contribution is -2.24. The second-order valence-corrected chi connectivity index (χ2v) is 5.01. The van der Waals surface area contributed by atoms with E-state index in [1.165, 1.54) is 37.9 Å². The number of hydrogen-bond acceptors (Lipinski definition) is 4. The lowest BCUT2D eigenvalue weighted by atomic mass is 10.0. The third-order valence-electron chi connectivity index (χ3n) is 3.49. The van der Waals surface area contributed by atoms with Crippen LogP contribution < -0.4 is 11.3 Å². The minimum atomic E-state index is 0.721. The molecule has 2 heterocycles. The van der Waals surface area contributed by atoms with Crippen molar-refractivity contribution in [1.29, 1.82) is 0 Å². The highest BCUT2D eigenvalue weighted by Crippen LogP contribution is 2.18. The molecule has 1 atom stereocenters. The van der Waals surface area contributed by atoms with Crippen molar-refractivity contribution in [3.8, 4) is 0 Å². The number of nitrogens with two attached hydrogens (primary N) is 1. The van der Waals surface area contributed by atoms with Gasteiger partial charge in [0.1, 0.15) is 5.82 Å². The van der Waals surface area contributed by atoms with Gasteiger partial charge in [-0.25, -0.2) is 10.8 Å². The number of hydrogen-bond donors (Lipinski definition) is 2. The van der Waals surface area contributed by atoms with E-state index in [4.69, 9.17) is 5.84 Å². The van der Waals surface area contributed by atoms with Crippen molar-refractivity contribution < 1.29 is 0 Å². The number of aromatic nitrogens is 1. The third kappa shape index (κ3) is 3.68. The van der Waals surface area contributed by atoms with Crippen LogP contribution >= 0.6 is 0 Å². The molecule has 0 spiro atoms. The molecule has 2 rings (SSSR count). The predicted molar refractivity (Wildman–Crippen MR) is 70.3 cm³/mol. The Morgan fingerprint density at radius 2 is 2.29 bits per heavy atom. The van der Waals surface area contributed by atoms with E-state index in [0.717, 1.165) is 18.3 Å². The Labute approximate surface area is 103 Å².